The molecule has 1 fully saturated rings. The minimum absolute atomic E-state index is 0.298. The first-order valence-corrected chi connectivity index (χ1v) is 11.2. The normalized spacial score (nSPS) is 14.8. The van der Waals surface area contributed by atoms with Crippen LogP contribution in [0.1, 0.15) is 53.7 Å². The van der Waals surface area contributed by atoms with E-state index in [-0.39, 0.29) is 0 Å². The molecule has 1 aromatic heterocycles. The number of benzene rings is 1. The summed E-state index contributed by atoms with van der Waals surface area (Å²) in [5.74, 6) is 2.38. The van der Waals surface area contributed by atoms with Crippen molar-refractivity contribution >= 4 is 17.3 Å². The van der Waals surface area contributed by atoms with E-state index in [4.69, 9.17) is 14.5 Å². The molecule has 3 rings (SSSR count). The molecule has 1 saturated carbocycles. The van der Waals surface area contributed by atoms with Crippen molar-refractivity contribution in [2.24, 2.45) is 4.99 Å². The van der Waals surface area contributed by atoms with Crippen molar-refractivity contribution in [1.29, 1.82) is 0 Å². The number of hydrogen-bond donors (Lipinski definition) is 2. The van der Waals surface area contributed by atoms with E-state index in [1.165, 1.54) is 17.7 Å². The molecule has 1 aliphatic carbocycles. The van der Waals surface area contributed by atoms with Crippen LogP contribution in [0.5, 0.6) is 11.5 Å². The first-order chi connectivity index (χ1) is 14.1. The second kappa shape index (κ2) is 10.5. The van der Waals surface area contributed by atoms with Crippen LogP contribution in [0.4, 0.5) is 0 Å². The van der Waals surface area contributed by atoms with Gasteiger partial charge < -0.3 is 20.1 Å². The van der Waals surface area contributed by atoms with Crippen molar-refractivity contribution in [3.8, 4) is 11.5 Å². The van der Waals surface area contributed by atoms with E-state index in [1.807, 2.05) is 19.1 Å². The van der Waals surface area contributed by atoms with Gasteiger partial charge in [0.05, 0.1) is 32.0 Å². The number of methoxy groups -OCH3 is 1. The monoisotopic (exact) mass is 416 g/mol. The lowest BCUT2D eigenvalue weighted by Gasteiger charge is -2.17. The topological polar surface area (TPSA) is 67.8 Å². The number of aryl methyl sites for hydroxylation is 2. The summed E-state index contributed by atoms with van der Waals surface area (Å²) in [6.45, 7) is 8.25. The highest BCUT2D eigenvalue weighted by Crippen LogP contribution is 2.32. The van der Waals surface area contributed by atoms with Gasteiger partial charge >= 0.3 is 0 Å². The van der Waals surface area contributed by atoms with Gasteiger partial charge in [0, 0.05) is 11.4 Å². The number of nitrogens with zero attached hydrogens (tertiary/aromatic N) is 2. The maximum atomic E-state index is 6.20. The molecule has 6 nitrogen and oxygen atoms in total. The van der Waals surface area contributed by atoms with Crippen molar-refractivity contribution in [3.05, 3.63) is 39.3 Å². The molecule has 0 amide bonds. The third kappa shape index (κ3) is 6.10. The zero-order valence-electron chi connectivity index (χ0n) is 17.9. The van der Waals surface area contributed by atoms with Gasteiger partial charge in [-0.3, -0.25) is 0 Å². The molecular weight excluding hydrogens is 384 g/mol. The van der Waals surface area contributed by atoms with Gasteiger partial charge in [0.15, 0.2) is 17.5 Å². The number of aliphatic imine (C=N–C) groups is 1. The zero-order valence-corrected chi connectivity index (χ0v) is 18.7. The highest BCUT2D eigenvalue weighted by Gasteiger charge is 2.18. The molecule has 158 valence electrons. The minimum atomic E-state index is 0.298. The van der Waals surface area contributed by atoms with Crippen LogP contribution < -0.4 is 20.1 Å². The third-order valence-electron chi connectivity index (χ3n) is 5.07. The van der Waals surface area contributed by atoms with Gasteiger partial charge in [-0.2, -0.15) is 0 Å². The summed E-state index contributed by atoms with van der Waals surface area (Å²) in [4.78, 5) is 10.6. The molecule has 0 saturated heterocycles. The van der Waals surface area contributed by atoms with Crippen molar-refractivity contribution in [1.82, 2.24) is 15.6 Å². The van der Waals surface area contributed by atoms with Crippen LogP contribution >= 0.6 is 11.3 Å². The maximum absolute atomic E-state index is 6.20. The Morgan fingerprint density at radius 2 is 2.00 bits per heavy atom. The van der Waals surface area contributed by atoms with E-state index in [1.54, 1.807) is 18.4 Å². The van der Waals surface area contributed by atoms with Crippen molar-refractivity contribution in [3.63, 3.8) is 0 Å². The van der Waals surface area contributed by atoms with Gasteiger partial charge in [-0.25, -0.2) is 9.98 Å². The average Bonchev–Trinajstić information content (AvgIpc) is 3.34. The number of guanidine groups is 1. The molecule has 1 aliphatic rings. The smallest absolute Gasteiger partial charge is 0.191 e. The lowest BCUT2D eigenvalue weighted by atomic mass is 10.2. The van der Waals surface area contributed by atoms with Gasteiger partial charge in [-0.05, 0) is 64.2 Å². The van der Waals surface area contributed by atoms with Crippen LogP contribution in [0.2, 0.25) is 0 Å². The molecule has 29 heavy (non-hydrogen) atoms. The Balaban J connectivity index is 1.65. The van der Waals surface area contributed by atoms with Crippen molar-refractivity contribution in [2.45, 2.75) is 65.6 Å². The first-order valence-electron chi connectivity index (χ1n) is 10.4. The molecule has 7 heteroatoms. The lowest BCUT2D eigenvalue weighted by molar-refractivity contribution is 0.200. The van der Waals surface area contributed by atoms with Gasteiger partial charge in [0.2, 0.25) is 0 Å². The predicted octanol–water partition coefficient (Wildman–Crippen LogP) is 4.35. The molecule has 0 unspecified atom stereocenters. The summed E-state index contributed by atoms with van der Waals surface area (Å²) in [6, 6.07) is 6.06. The molecule has 0 aliphatic heterocycles. The van der Waals surface area contributed by atoms with Gasteiger partial charge in [0.1, 0.15) is 5.01 Å². The molecule has 1 heterocycles. The molecular formula is C22H32N4O2S. The van der Waals surface area contributed by atoms with Crippen molar-refractivity contribution < 1.29 is 9.47 Å². The van der Waals surface area contributed by atoms with Gasteiger partial charge in [0.25, 0.3) is 0 Å². The second-order valence-electron chi connectivity index (χ2n) is 7.31. The Morgan fingerprint density at radius 3 is 2.66 bits per heavy atom. The highest BCUT2D eigenvalue weighted by atomic mass is 32.1. The number of ether oxygens (including phenoxy) is 2. The third-order valence-corrected chi connectivity index (χ3v) is 6.14. The predicted molar refractivity (Wildman–Crippen MR) is 119 cm³/mol. The SMILES string of the molecule is CCNC(=NCc1ccc(OC)c(OC2CCCC2)c1)NCc1nc(C)c(C)s1. The molecule has 2 aromatic rings. The number of rotatable bonds is 8. The van der Waals surface area contributed by atoms with Crippen LogP contribution in [-0.2, 0) is 13.1 Å². The fraction of sp³-hybridized carbons (Fsp3) is 0.545. The molecule has 0 spiro atoms. The van der Waals surface area contributed by atoms with Crippen molar-refractivity contribution in [2.75, 3.05) is 13.7 Å². The Hall–Kier alpha value is -2.28. The fourth-order valence-electron chi connectivity index (χ4n) is 3.38. The summed E-state index contributed by atoms with van der Waals surface area (Å²) in [7, 11) is 1.68. The number of nitrogens with one attached hydrogen (secondary N) is 2. The number of hydrogen-bond acceptors (Lipinski definition) is 5. The Morgan fingerprint density at radius 1 is 1.21 bits per heavy atom. The molecule has 1 aromatic carbocycles. The van der Waals surface area contributed by atoms with Crippen LogP contribution in [0.3, 0.4) is 0 Å². The molecule has 0 bridgehead atoms. The summed E-state index contributed by atoms with van der Waals surface area (Å²) in [5, 5.41) is 7.75. The van der Waals surface area contributed by atoms with Gasteiger partial charge in [-0.15, -0.1) is 11.3 Å². The number of thiazole rings is 1. The largest absolute Gasteiger partial charge is 0.493 e. The quantitative estimate of drug-likeness (QED) is 0.495. The van der Waals surface area contributed by atoms with E-state index >= 15 is 0 Å². The minimum Gasteiger partial charge on any atom is -0.493 e. The Kier molecular flexibility index (Phi) is 7.75. The molecule has 2 N–H and O–H groups in total. The summed E-state index contributed by atoms with van der Waals surface area (Å²) >= 11 is 1.72. The zero-order chi connectivity index (χ0) is 20.6. The van der Waals surface area contributed by atoms with E-state index < -0.39 is 0 Å². The van der Waals surface area contributed by atoms with Crippen LogP contribution in [0, 0.1) is 13.8 Å². The molecule has 0 radical (unpaired) electrons. The Bertz CT molecular complexity index is 809. The van der Waals surface area contributed by atoms with Gasteiger partial charge in [-0.1, -0.05) is 6.07 Å². The molecule has 0 atom stereocenters. The fourth-order valence-corrected chi connectivity index (χ4v) is 4.26. The summed E-state index contributed by atoms with van der Waals surface area (Å²) < 4.78 is 11.7. The van der Waals surface area contributed by atoms with Crippen LogP contribution in [0.15, 0.2) is 23.2 Å². The standard InChI is InChI=1S/C22H32N4O2S/c1-5-23-22(25-14-21-26-15(2)16(3)29-21)24-13-17-10-11-19(27-4)20(12-17)28-18-8-6-7-9-18/h10-12,18H,5-9,13-14H2,1-4H3,(H2,23,24,25). The highest BCUT2D eigenvalue weighted by molar-refractivity contribution is 7.11. The second-order valence-corrected chi connectivity index (χ2v) is 8.60. The first kappa shape index (κ1) is 21.4. The van der Waals surface area contributed by atoms with E-state index in [0.29, 0.717) is 19.2 Å². The van der Waals surface area contributed by atoms with E-state index in [2.05, 4.69) is 35.5 Å². The summed E-state index contributed by atoms with van der Waals surface area (Å²) in [6.07, 6.45) is 5.03. The maximum Gasteiger partial charge on any atom is 0.191 e. The van der Waals surface area contributed by atoms with Crippen LogP contribution in [0.25, 0.3) is 0 Å². The van der Waals surface area contributed by atoms with E-state index in [9.17, 15) is 0 Å². The lowest BCUT2D eigenvalue weighted by Crippen LogP contribution is -2.36. The van der Waals surface area contributed by atoms with E-state index in [0.717, 1.165) is 53.1 Å². The van der Waals surface area contributed by atoms with Crippen LogP contribution in [-0.4, -0.2) is 30.7 Å². The average molecular weight is 417 g/mol. The summed E-state index contributed by atoms with van der Waals surface area (Å²) in [5.41, 5.74) is 2.19. The number of aromatic nitrogens is 1. The Labute approximate surface area is 177 Å².